The van der Waals surface area contributed by atoms with E-state index in [-0.39, 0.29) is 5.69 Å². The van der Waals surface area contributed by atoms with Gasteiger partial charge >= 0.3 is 0 Å². The minimum Gasteiger partial charge on any atom is -0.274 e. The molecule has 1 rings (SSSR count). The fourth-order valence-electron chi connectivity index (χ4n) is 0.936. The molecule has 1 heterocycles. The van der Waals surface area contributed by atoms with Gasteiger partial charge in [0.05, 0.1) is 7.11 Å². The average molecular weight is 216 g/mol. The van der Waals surface area contributed by atoms with Gasteiger partial charge in [-0.1, -0.05) is 6.07 Å². The molecule has 0 N–H and O–H groups in total. The van der Waals surface area contributed by atoms with Gasteiger partial charge in [0.2, 0.25) is 0 Å². The summed E-state index contributed by atoms with van der Waals surface area (Å²) >= 11 is 0. The van der Waals surface area contributed by atoms with Crippen LogP contribution in [0.15, 0.2) is 18.2 Å². The molecule has 0 spiro atoms. The van der Waals surface area contributed by atoms with Gasteiger partial charge in [-0.3, -0.25) is 9.63 Å². The van der Waals surface area contributed by atoms with Crippen LogP contribution in [0.1, 0.15) is 22.6 Å². The molecule has 0 saturated heterocycles. The number of alkyl halides is 2. The van der Waals surface area contributed by atoms with Crippen LogP contribution in [0.5, 0.6) is 0 Å². The molecule has 6 heteroatoms. The normalized spacial score (nSPS) is 10.5. The van der Waals surface area contributed by atoms with Crippen molar-refractivity contribution < 1.29 is 18.4 Å². The van der Waals surface area contributed by atoms with E-state index in [1.54, 1.807) is 0 Å². The van der Waals surface area contributed by atoms with E-state index in [1.165, 1.54) is 26.3 Å². The van der Waals surface area contributed by atoms with Crippen LogP contribution in [0.4, 0.5) is 8.78 Å². The number of aromatic nitrogens is 1. The van der Waals surface area contributed by atoms with Crippen LogP contribution in [0.2, 0.25) is 0 Å². The Balaban J connectivity index is 2.95. The number of carbonyl (C=O) groups is 1. The van der Waals surface area contributed by atoms with Gasteiger partial charge in [-0.2, -0.15) is 0 Å². The maximum atomic E-state index is 12.3. The maximum absolute atomic E-state index is 12.3. The maximum Gasteiger partial charge on any atom is 0.295 e. The van der Waals surface area contributed by atoms with Gasteiger partial charge < -0.3 is 0 Å². The van der Waals surface area contributed by atoms with Crippen molar-refractivity contribution in [3.8, 4) is 0 Å². The highest BCUT2D eigenvalue weighted by molar-refractivity contribution is 5.91. The summed E-state index contributed by atoms with van der Waals surface area (Å²) < 4.78 is 24.5. The van der Waals surface area contributed by atoms with Crippen LogP contribution in [0, 0.1) is 0 Å². The highest BCUT2D eigenvalue weighted by Gasteiger charge is 2.15. The summed E-state index contributed by atoms with van der Waals surface area (Å²) in [6, 6.07) is 3.86. The number of carbonyl (C=O) groups excluding carboxylic acids is 1. The summed E-state index contributed by atoms with van der Waals surface area (Å²) in [6.45, 7) is 0. The monoisotopic (exact) mass is 216 g/mol. The molecule has 0 saturated carbocycles. The molecule has 0 aliphatic carbocycles. The molecule has 0 fully saturated rings. The first-order valence-electron chi connectivity index (χ1n) is 4.13. The van der Waals surface area contributed by atoms with Crippen LogP contribution < -0.4 is 0 Å². The molecule has 1 amide bonds. The Labute approximate surface area is 85.4 Å². The fraction of sp³-hybridized carbons (Fsp3) is 0.333. The van der Waals surface area contributed by atoms with E-state index in [9.17, 15) is 13.6 Å². The van der Waals surface area contributed by atoms with Crippen molar-refractivity contribution in [2.45, 2.75) is 6.43 Å². The molecule has 0 aliphatic rings. The molecule has 0 atom stereocenters. The number of halogens is 2. The van der Waals surface area contributed by atoms with E-state index in [0.29, 0.717) is 0 Å². The van der Waals surface area contributed by atoms with E-state index < -0.39 is 18.0 Å². The molecule has 1 aromatic rings. The summed E-state index contributed by atoms with van der Waals surface area (Å²) in [7, 11) is 2.67. The van der Waals surface area contributed by atoms with Crippen molar-refractivity contribution >= 4 is 5.91 Å². The zero-order valence-electron chi connectivity index (χ0n) is 8.28. The molecule has 0 aliphatic heterocycles. The molecule has 4 nitrogen and oxygen atoms in total. The summed E-state index contributed by atoms with van der Waals surface area (Å²) in [4.78, 5) is 19.6. The third-order valence-corrected chi connectivity index (χ3v) is 1.77. The van der Waals surface area contributed by atoms with E-state index in [1.807, 2.05) is 0 Å². The average Bonchev–Trinajstić information content (AvgIpc) is 2.27. The summed E-state index contributed by atoms with van der Waals surface area (Å²) in [5, 5.41) is 0.914. The second kappa shape index (κ2) is 4.79. The lowest BCUT2D eigenvalue weighted by atomic mass is 10.3. The van der Waals surface area contributed by atoms with Crippen molar-refractivity contribution in [1.82, 2.24) is 10.0 Å². The third kappa shape index (κ3) is 2.69. The second-order valence-corrected chi connectivity index (χ2v) is 2.73. The van der Waals surface area contributed by atoms with E-state index in [4.69, 9.17) is 0 Å². The number of rotatable bonds is 3. The van der Waals surface area contributed by atoms with Crippen molar-refractivity contribution in [2.24, 2.45) is 0 Å². The number of nitrogens with zero attached hydrogens (tertiary/aromatic N) is 2. The number of hydroxylamine groups is 2. The molecule has 82 valence electrons. The van der Waals surface area contributed by atoms with Crippen molar-refractivity contribution in [3.05, 3.63) is 29.6 Å². The summed E-state index contributed by atoms with van der Waals surface area (Å²) in [5.41, 5.74) is -0.498. The zero-order valence-corrected chi connectivity index (χ0v) is 8.28. The first-order valence-corrected chi connectivity index (χ1v) is 4.13. The third-order valence-electron chi connectivity index (χ3n) is 1.77. The molecule has 0 aromatic carbocycles. The predicted octanol–water partition coefficient (Wildman–Crippen LogP) is 1.65. The van der Waals surface area contributed by atoms with Crippen molar-refractivity contribution in [2.75, 3.05) is 14.2 Å². The summed E-state index contributed by atoms with van der Waals surface area (Å²) in [6.07, 6.45) is -2.69. The van der Waals surface area contributed by atoms with Crippen LogP contribution in [0.25, 0.3) is 0 Å². The van der Waals surface area contributed by atoms with Gasteiger partial charge in [0, 0.05) is 7.05 Å². The molecule has 0 unspecified atom stereocenters. The Kier molecular flexibility index (Phi) is 3.68. The van der Waals surface area contributed by atoms with Gasteiger partial charge in [0.1, 0.15) is 11.4 Å². The van der Waals surface area contributed by atoms with Crippen LogP contribution in [-0.2, 0) is 4.84 Å². The quantitative estimate of drug-likeness (QED) is 0.721. The van der Waals surface area contributed by atoms with Gasteiger partial charge in [-0.15, -0.1) is 0 Å². The number of hydrogen-bond acceptors (Lipinski definition) is 3. The van der Waals surface area contributed by atoms with Gasteiger partial charge in [-0.25, -0.2) is 18.8 Å². The van der Waals surface area contributed by atoms with Crippen LogP contribution >= 0.6 is 0 Å². The standard InChI is InChI=1S/C9H10F2N2O2/c1-13(15-2)9(14)7-5-3-4-6(12-7)8(10)11/h3-5,8H,1-2H3. The number of hydrogen-bond donors (Lipinski definition) is 0. The summed E-state index contributed by atoms with van der Waals surface area (Å²) in [5.74, 6) is -0.569. The number of pyridine rings is 1. The van der Waals surface area contributed by atoms with E-state index in [2.05, 4.69) is 9.82 Å². The topological polar surface area (TPSA) is 42.4 Å². The molecular formula is C9H10F2N2O2. The largest absolute Gasteiger partial charge is 0.295 e. The van der Waals surface area contributed by atoms with Crippen LogP contribution in [-0.4, -0.2) is 30.1 Å². The van der Waals surface area contributed by atoms with Crippen LogP contribution in [0.3, 0.4) is 0 Å². The lowest BCUT2D eigenvalue weighted by Crippen LogP contribution is -2.26. The second-order valence-electron chi connectivity index (χ2n) is 2.73. The molecular weight excluding hydrogens is 206 g/mol. The highest BCUT2D eigenvalue weighted by atomic mass is 19.3. The van der Waals surface area contributed by atoms with Gasteiger partial charge in [-0.05, 0) is 12.1 Å². The van der Waals surface area contributed by atoms with Crippen molar-refractivity contribution in [3.63, 3.8) is 0 Å². The van der Waals surface area contributed by atoms with Gasteiger partial charge in [0.25, 0.3) is 12.3 Å². The predicted molar refractivity (Wildman–Crippen MR) is 48.3 cm³/mol. The SMILES string of the molecule is CON(C)C(=O)c1cccc(C(F)F)n1. The first-order chi connectivity index (χ1) is 7.06. The minimum absolute atomic E-state index is 0.0721. The van der Waals surface area contributed by atoms with E-state index >= 15 is 0 Å². The first kappa shape index (κ1) is 11.5. The zero-order chi connectivity index (χ0) is 11.4. The van der Waals surface area contributed by atoms with E-state index in [0.717, 1.165) is 11.1 Å². The Hall–Kier alpha value is -1.56. The highest BCUT2D eigenvalue weighted by Crippen LogP contribution is 2.16. The smallest absolute Gasteiger partial charge is 0.274 e. The Bertz CT molecular complexity index is 358. The lowest BCUT2D eigenvalue weighted by molar-refractivity contribution is -0.0760. The minimum atomic E-state index is -2.69. The van der Waals surface area contributed by atoms with Crippen molar-refractivity contribution in [1.29, 1.82) is 0 Å². The Morgan fingerprint density at radius 1 is 1.53 bits per heavy atom. The molecule has 1 aromatic heterocycles. The molecule has 15 heavy (non-hydrogen) atoms. The Morgan fingerprint density at radius 3 is 2.73 bits per heavy atom. The fourth-order valence-corrected chi connectivity index (χ4v) is 0.936. The Morgan fingerprint density at radius 2 is 2.20 bits per heavy atom. The van der Waals surface area contributed by atoms with Gasteiger partial charge in [0.15, 0.2) is 0 Å². The molecule has 0 bridgehead atoms. The molecule has 0 radical (unpaired) electrons. The number of amides is 1. The lowest BCUT2D eigenvalue weighted by Gasteiger charge is -2.13.